The number of aromatic nitrogens is 1. The highest BCUT2D eigenvalue weighted by molar-refractivity contribution is 7.13. The minimum Gasteiger partial charge on any atom is -0.462 e. The van der Waals surface area contributed by atoms with E-state index in [1.165, 1.54) is 11.3 Å². The molecule has 0 unspecified atom stereocenters. The van der Waals surface area contributed by atoms with E-state index in [2.05, 4.69) is 10.3 Å². The third kappa shape index (κ3) is 2.92. The van der Waals surface area contributed by atoms with Gasteiger partial charge in [0.25, 0.3) is 0 Å². The fourth-order valence-corrected chi connectivity index (χ4v) is 2.03. The third-order valence-corrected chi connectivity index (χ3v) is 3.05. The van der Waals surface area contributed by atoms with Crippen molar-refractivity contribution in [2.24, 2.45) is 5.73 Å². The number of furan rings is 1. The topological polar surface area (TPSA) is 81.2 Å². The maximum atomic E-state index is 11.3. The lowest BCUT2D eigenvalue weighted by molar-refractivity contribution is -0.122. The SMILES string of the molecule is C[C@H](N)C(=O)NCc1csc(-c2ccco2)n1. The minimum atomic E-state index is -0.502. The number of hydrogen-bond donors (Lipinski definition) is 2. The summed E-state index contributed by atoms with van der Waals surface area (Å²) in [7, 11) is 0. The summed E-state index contributed by atoms with van der Waals surface area (Å²) >= 11 is 1.48. The molecule has 1 atom stereocenters. The zero-order valence-corrected chi connectivity index (χ0v) is 10.2. The van der Waals surface area contributed by atoms with Crippen molar-refractivity contribution in [3.05, 3.63) is 29.5 Å². The fourth-order valence-electron chi connectivity index (χ4n) is 1.24. The van der Waals surface area contributed by atoms with E-state index in [1.54, 1.807) is 13.2 Å². The molecule has 0 saturated heterocycles. The second-order valence-corrected chi connectivity index (χ2v) is 4.49. The molecule has 0 saturated carbocycles. The maximum Gasteiger partial charge on any atom is 0.236 e. The molecule has 2 aromatic rings. The number of nitrogens with one attached hydrogen (secondary N) is 1. The molecule has 0 aliphatic rings. The van der Waals surface area contributed by atoms with Crippen molar-refractivity contribution in [2.45, 2.75) is 19.5 Å². The van der Waals surface area contributed by atoms with Crippen LogP contribution in [0.3, 0.4) is 0 Å². The molecule has 0 radical (unpaired) electrons. The average Bonchev–Trinajstić information content (AvgIpc) is 2.95. The van der Waals surface area contributed by atoms with Crippen LogP contribution in [0.5, 0.6) is 0 Å². The van der Waals surface area contributed by atoms with Gasteiger partial charge in [0.05, 0.1) is 24.5 Å². The van der Waals surface area contributed by atoms with Gasteiger partial charge in [0.1, 0.15) is 0 Å². The number of amides is 1. The molecule has 17 heavy (non-hydrogen) atoms. The maximum absolute atomic E-state index is 11.3. The lowest BCUT2D eigenvalue weighted by atomic mass is 10.3. The molecule has 0 aromatic carbocycles. The first-order valence-electron chi connectivity index (χ1n) is 5.18. The van der Waals surface area contributed by atoms with E-state index in [4.69, 9.17) is 10.2 Å². The Bertz CT molecular complexity index is 491. The highest BCUT2D eigenvalue weighted by atomic mass is 32.1. The van der Waals surface area contributed by atoms with Gasteiger partial charge in [-0.15, -0.1) is 11.3 Å². The van der Waals surface area contributed by atoms with Gasteiger partial charge in [0.15, 0.2) is 10.8 Å². The largest absolute Gasteiger partial charge is 0.462 e. The fraction of sp³-hybridized carbons (Fsp3) is 0.273. The Morgan fingerprint density at radius 2 is 2.53 bits per heavy atom. The Balaban J connectivity index is 1.97. The van der Waals surface area contributed by atoms with Crippen LogP contribution in [0.15, 0.2) is 28.2 Å². The molecule has 2 aromatic heterocycles. The standard InChI is InChI=1S/C11H13N3O2S/c1-7(12)10(15)13-5-8-6-17-11(14-8)9-3-2-4-16-9/h2-4,6-7H,5,12H2,1H3,(H,13,15)/t7-/m0/s1. The number of carbonyl (C=O) groups is 1. The van der Waals surface area contributed by atoms with Gasteiger partial charge in [-0.3, -0.25) is 4.79 Å². The van der Waals surface area contributed by atoms with Gasteiger partial charge in [-0.1, -0.05) is 0 Å². The van der Waals surface area contributed by atoms with Crippen LogP contribution in [0.2, 0.25) is 0 Å². The van der Waals surface area contributed by atoms with Crippen molar-refractivity contribution in [1.82, 2.24) is 10.3 Å². The number of nitrogens with zero attached hydrogens (tertiary/aromatic N) is 1. The van der Waals surface area contributed by atoms with E-state index in [9.17, 15) is 4.79 Å². The summed E-state index contributed by atoms with van der Waals surface area (Å²) in [6.07, 6.45) is 1.61. The summed E-state index contributed by atoms with van der Waals surface area (Å²) < 4.78 is 5.24. The van der Waals surface area contributed by atoms with Gasteiger partial charge in [-0.2, -0.15) is 0 Å². The van der Waals surface area contributed by atoms with Crippen LogP contribution in [0.1, 0.15) is 12.6 Å². The zero-order chi connectivity index (χ0) is 12.3. The van der Waals surface area contributed by atoms with Crippen molar-refractivity contribution in [3.63, 3.8) is 0 Å². The van der Waals surface area contributed by atoms with E-state index < -0.39 is 6.04 Å². The highest BCUT2D eigenvalue weighted by Crippen LogP contribution is 2.23. The van der Waals surface area contributed by atoms with E-state index in [1.807, 2.05) is 17.5 Å². The molecule has 0 aliphatic heterocycles. The lowest BCUT2D eigenvalue weighted by Crippen LogP contribution is -2.37. The molecule has 0 spiro atoms. The molecule has 0 aliphatic carbocycles. The quantitative estimate of drug-likeness (QED) is 0.859. The van der Waals surface area contributed by atoms with E-state index in [-0.39, 0.29) is 5.91 Å². The van der Waals surface area contributed by atoms with Crippen LogP contribution in [0, 0.1) is 0 Å². The number of thiazole rings is 1. The van der Waals surface area contributed by atoms with Crippen LogP contribution in [-0.2, 0) is 11.3 Å². The van der Waals surface area contributed by atoms with Gasteiger partial charge in [-0.25, -0.2) is 4.98 Å². The Hall–Kier alpha value is -1.66. The lowest BCUT2D eigenvalue weighted by Gasteiger charge is -2.05. The van der Waals surface area contributed by atoms with Crippen LogP contribution in [0.25, 0.3) is 10.8 Å². The smallest absolute Gasteiger partial charge is 0.236 e. The van der Waals surface area contributed by atoms with Crippen molar-refractivity contribution in [2.75, 3.05) is 0 Å². The van der Waals surface area contributed by atoms with Crippen molar-refractivity contribution in [1.29, 1.82) is 0 Å². The summed E-state index contributed by atoms with van der Waals surface area (Å²) in [5.41, 5.74) is 6.24. The van der Waals surface area contributed by atoms with Crippen LogP contribution in [0.4, 0.5) is 0 Å². The Morgan fingerprint density at radius 1 is 1.71 bits per heavy atom. The summed E-state index contributed by atoms with van der Waals surface area (Å²) in [4.78, 5) is 15.6. The van der Waals surface area contributed by atoms with E-state index in [0.717, 1.165) is 16.5 Å². The Morgan fingerprint density at radius 3 is 3.18 bits per heavy atom. The van der Waals surface area contributed by atoms with Gasteiger partial charge >= 0.3 is 0 Å². The predicted molar refractivity (Wildman–Crippen MR) is 65.3 cm³/mol. The number of rotatable bonds is 4. The summed E-state index contributed by atoms with van der Waals surface area (Å²) in [5.74, 6) is 0.553. The molecule has 1 amide bonds. The van der Waals surface area contributed by atoms with Gasteiger partial charge in [-0.05, 0) is 19.1 Å². The zero-order valence-electron chi connectivity index (χ0n) is 9.34. The van der Waals surface area contributed by atoms with Gasteiger partial charge in [0, 0.05) is 5.38 Å². The highest BCUT2D eigenvalue weighted by Gasteiger charge is 2.09. The van der Waals surface area contributed by atoms with Crippen LogP contribution >= 0.6 is 11.3 Å². The van der Waals surface area contributed by atoms with Gasteiger partial charge < -0.3 is 15.5 Å². The summed E-state index contributed by atoms with van der Waals surface area (Å²) in [6.45, 7) is 2.03. The molecule has 3 N–H and O–H groups in total. The molecule has 2 rings (SSSR count). The molecule has 2 heterocycles. The molecular formula is C11H13N3O2S. The Kier molecular flexibility index (Phi) is 3.55. The van der Waals surface area contributed by atoms with Crippen molar-refractivity contribution >= 4 is 17.2 Å². The summed E-state index contributed by atoms with van der Waals surface area (Å²) in [6, 6.07) is 3.16. The molecule has 0 fully saturated rings. The number of carbonyl (C=O) groups excluding carboxylic acids is 1. The monoisotopic (exact) mass is 251 g/mol. The molecule has 0 bridgehead atoms. The van der Waals surface area contributed by atoms with Crippen molar-refractivity contribution in [3.8, 4) is 10.8 Å². The van der Waals surface area contributed by atoms with Crippen LogP contribution in [-0.4, -0.2) is 16.9 Å². The van der Waals surface area contributed by atoms with Gasteiger partial charge in [0.2, 0.25) is 5.91 Å². The normalized spacial score (nSPS) is 12.4. The first-order chi connectivity index (χ1) is 8.16. The minimum absolute atomic E-state index is 0.183. The van der Waals surface area contributed by atoms with E-state index >= 15 is 0 Å². The third-order valence-electron chi connectivity index (χ3n) is 2.14. The second-order valence-electron chi connectivity index (χ2n) is 3.63. The summed E-state index contributed by atoms with van der Waals surface area (Å²) in [5, 5.41) is 5.40. The first-order valence-corrected chi connectivity index (χ1v) is 6.06. The molecule has 90 valence electrons. The average molecular weight is 251 g/mol. The number of hydrogen-bond acceptors (Lipinski definition) is 5. The second kappa shape index (κ2) is 5.11. The Labute approximate surface area is 103 Å². The molecule has 5 nitrogen and oxygen atoms in total. The predicted octanol–water partition coefficient (Wildman–Crippen LogP) is 1.37. The van der Waals surface area contributed by atoms with E-state index in [0.29, 0.717) is 6.54 Å². The molecule has 6 heteroatoms. The van der Waals surface area contributed by atoms with Crippen molar-refractivity contribution < 1.29 is 9.21 Å². The number of nitrogens with two attached hydrogens (primary N) is 1. The van der Waals surface area contributed by atoms with Crippen LogP contribution < -0.4 is 11.1 Å². The first kappa shape index (κ1) is 11.8. The molecular weight excluding hydrogens is 238 g/mol.